The van der Waals surface area contributed by atoms with Crippen molar-refractivity contribution in [3.05, 3.63) is 29.3 Å². The van der Waals surface area contributed by atoms with E-state index < -0.39 is 10.9 Å². The molecule has 0 aliphatic carbocycles. The van der Waals surface area contributed by atoms with E-state index in [4.69, 9.17) is 0 Å². The Bertz CT molecular complexity index is 396. The molecule has 11 heavy (non-hydrogen) atoms. The van der Waals surface area contributed by atoms with Gasteiger partial charge in [0, 0.05) is 6.20 Å². The first-order chi connectivity index (χ1) is 5.29. The minimum absolute atomic E-state index is 0.120. The molecular weight excluding hydrogens is 168 g/mol. The van der Waals surface area contributed by atoms with Crippen molar-refractivity contribution in [1.29, 1.82) is 0 Å². The Kier molecular flexibility index (Phi) is 1.35. The van der Waals surface area contributed by atoms with Gasteiger partial charge in [-0.15, -0.1) is 11.3 Å². The van der Waals surface area contributed by atoms with Crippen LogP contribution in [0.1, 0.15) is 0 Å². The lowest BCUT2D eigenvalue weighted by Gasteiger charge is -1.83. The van der Waals surface area contributed by atoms with Crippen molar-refractivity contribution in [2.45, 2.75) is 0 Å². The highest BCUT2D eigenvalue weighted by Crippen LogP contribution is 2.25. The van der Waals surface area contributed by atoms with Crippen molar-refractivity contribution in [3.8, 4) is 0 Å². The van der Waals surface area contributed by atoms with Crippen LogP contribution in [0.5, 0.6) is 0 Å². The molecule has 0 N–H and O–H groups in total. The van der Waals surface area contributed by atoms with Gasteiger partial charge in [0.15, 0.2) is 5.82 Å². The molecule has 0 aliphatic rings. The minimum Gasteiger partial charge on any atom is -0.252 e. The largest absolute Gasteiger partial charge is 0.252 e. The minimum atomic E-state index is -0.842. The van der Waals surface area contributed by atoms with Crippen LogP contribution in [0.2, 0.25) is 0 Å². The van der Waals surface area contributed by atoms with Crippen LogP contribution < -0.4 is 0 Å². The van der Waals surface area contributed by atoms with Crippen LogP contribution in [0.25, 0.3) is 10.2 Å². The van der Waals surface area contributed by atoms with Gasteiger partial charge in [0.25, 0.3) is 0 Å². The number of rotatable bonds is 0. The predicted molar refractivity (Wildman–Crippen MR) is 39.5 cm³/mol. The topological polar surface area (TPSA) is 12.9 Å². The van der Waals surface area contributed by atoms with Gasteiger partial charge >= 0.3 is 0 Å². The summed E-state index contributed by atoms with van der Waals surface area (Å²) in [4.78, 5) is 3.70. The molecule has 0 amide bonds. The quantitative estimate of drug-likeness (QED) is 0.593. The molecule has 0 atom stereocenters. The maximum Gasteiger partial charge on any atom is 0.215 e. The fourth-order valence-electron chi connectivity index (χ4n) is 0.872. The highest BCUT2D eigenvalue weighted by Gasteiger charge is 2.10. The lowest BCUT2D eigenvalue weighted by atomic mass is 10.4. The zero-order valence-corrected chi connectivity index (χ0v) is 6.16. The van der Waals surface area contributed by atoms with Gasteiger partial charge in [-0.3, -0.25) is 4.98 Å². The second-order valence-electron chi connectivity index (χ2n) is 2.04. The zero-order valence-electron chi connectivity index (χ0n) is 5.34. The monoisotopic (exact) mass is 171 g/mol. The fourth-order valence-corrected chi connectivity index (χ4v) is 1.64. The van der Waals surface area contributed by atoms with Crippen molar-refractivity contribution < 1.29 is 8.78 Å². The maximum absolute atomic E-state index is 12.7. The van der Waals surface area contributed by atoms with E-state index in [-0.39, 0.29) is 5.52 Å². The van der Waals surface area contributed by atoms with Crippen molar-refractivity contribution in [2.75, 3.05) is 0 Å². The lowest BCUT2D eigenvalue weighted by Crippen LogP contribution is -1.75. The molecular formula is C7H3F2NS. The standard InChI is InChI=1S/C7H3F2NS/c8-5-6-4(11-7(5)9)2-1-3-10-6/h1-3H. The van der Waals surface area contributed by atoms with E-state index in [1.54, 1.807) is 12.1 Å². The van der Waals surface area contributed by atoms with Gasteiger partial charge in [-0.1, -0.05) is 0 Å². The van der Waals surface area contributed by atoms with Crippen LogP contribution in [0.15, 0.2) is 18.3 Å². The Morgan fingerprint density at radius 2 is 2.18 bits per heavy atom. The number of halogens is 2. The third kappa shape index (κ3) is 0.903. The number of hydrogen-bond donors (Lipinski definition) is 0. The molecule has 1 nitrogen and oxygen atoms in total. The Morgan fingerprint density at radius 3 is 2.91 bits per heavy atom. The summed E-state index contributed by atoms with van der Waals surface area (Å²) in [6.45, 7) is 0. The fraction of sp³-hybridized carbons (Fsp3) is 0. The molecule has 4 heteroatoms. The van der Waals surface area contributed by atoms with E-state index in [0.717, 1.165) is 11.3 Å². The summed E-state index contributed by atoms with van der Waals surface area (Å²) >= 11 is 0.775. The van der Waals surface area contributed by atoms with Crippen molar-refractivity contribution >= 4 is 21.6 Å². The molecule has 2 aromatic heterocycles. The molecule has 0 aliphatic heterocycles. The molecule has 0 saturated heterocycles. The highest BCUT2D eigenvalue weighted by molar-refractivity contribution is 7.17. The normalized spacial score (nSPS) is 10.7. The molecule has 0 fully saturated rings. The molecule has 0 aromatic carbocycles. The number of pyridine rings is 1. The van der Waals surface area contributed by atoms with Gasteiger partial charge in [-0.25, -0.2) is 4.39 Å². The molecule has 0 radical (unpaired) electrons. The van der Waals surface area contributed by atoms with Gasteiger partial charge in [-0.05, 0) is 12.1 Å². The molecule has 0 bridgehead atoms. The molecule has 2 heterocycles. The summed E-state index contributed by atoms with van der Waals surface area (Å²) < 4.78 is 25.8. The van der Waals surface area contributed by atoms with E-state index in [1.807, 2.05) is 0 Å². The first-order valence-electron chi connectivity index (χ1n) is 2.97. The van der Waals surface area contributed by atoms with Gasteiger partial charge in [0.1, 0.15) is 5.52 Å². The summed E-state index contributed by atoms with van der Waals surface area (Å²) in [6.07, 6.45) is 1.44. The Labute approximate surface area is 65.3 Å². The number of nitrogens with zero attached hydrogens (tertiary/aromatic N) is 1. The highest BCUT2D eigenvalue weighted by atomic mass is 32.1. The number of fused-ring (bicyclic) bond motifs is 1. The molecule has 0 unspecified atom stereocenters. The summed E-state index contributed by atoms with van der Waals surface area (Å²) in [5.41, 5.74) is 0.120. The zero-order chi connectivity index (χ0) is 7.84. The van der Waals surface area contributed by atoms with Crippen LogP contribution in [0.3, 0.4) is 0 Å². The Morgan fingerprint density at radius 1 is 1.36 bits per heavy atom. The molecule has 2 aromatic rings. The first kappa shape index (κ1) is 6.67. The summed E-state index contributed by atoms with van der Waals surface area (Å²) in [7, 11) is 0. The van der Waals surface area contributed by atoms with Crippen LogP contribution in [0.4, 0.5) is 8.78 Å². The third-order valence-corrected chi connectivity index (χ3v) is 2.26. The van der Waals surface area contributed by atoms with Gasteiger partial charge < -0.3 is 0 Å². The van der Waals surface area contributed by atoms with Crippen LogP contribution in [-0.4, -0.2) is 4.98 Å². The van der Waals surface area contributed by atoms with Crippen molar-refractivity contribution in [3.63, 3.8) is 0 Å². The van der Waals surface area contributed by atoms with E-state index >= 15 is 0 Å². The summed E-state index contributed by atoms with van der Waals surface area (Å²) in [5, 5.41) is -0.793. The predicted octanol–water partition coefficient (Wildman–Crippen LogP) is 2.57. The van der Waals surface area contributed by atoms with E-state index in [1.165, 1.54) is 6.20 Å². The second kappa shape index (κ2) is 2.23. The van der Waals surface area contributed by atoms with Gasteiger partial charge in [0.2, 0.25) is 5.13 Å². The smallest absolute Gasteiger partial charge is 0.215 e. The van der Waals surface area contributed by atoms with Gasteiger partial charge in [-0.2, -0.15) is 4.39 Å². The summed E-state index contributed by atoms with van der Waals surface area (Å²) in [6, 6.07) is 3.29. The average Bonchev–Trinajstić information content (AvgIpc) is 2.30. The molecule has 0 saturated carbocycles. The maximum atomic E-state index is 12.7. The second-order valence-corrected chi connectivity index (χ2v) is 3.04. The number of thiophene rings is 1. The van der Waals surface area contributed by atoms with E-state index in [0.29, 0.717) is 4.70 Å². The third-order valence-electron chi connectivity index (χ3n) is 1.35. The summed E-state index contributed by atoms with van der Waals surface area (Å²) in [5.74, 6) is -0.842. The van der Waals surface area contributed by atoms with Crippen molar-refractivity contribution in [1.82, 2.24) is 4.98 Å². The first-order valence-corrected chi connectivity index (χ1v) is 3.79. The average molecular weight is 171 g/mol. The van der Waals surface area contributed by atoms with E-state index in [2.05, 4.69) is 4.98 Å². The Hall–Kier alpha value is -1.03. The molecule has 56 valence electrons. The van der Waals surface area contributed by atoms with E-state index in [9.17, 15) is 8.78 Å². The number of aromatic nitrogens is 1. The molecule has 0 spiro atoms. The Balaban J connectivity index is 2.92. The SMILES string of the molecule is Fc1sc2cccnc2c1F. The molecule has 2 rings (SSSR count). The lowest BCUT2D eigenvalue weighted by molar-refractivity contribution is 0.536. The van der Waals surface area contributed by atoms with Crippen LogP contribution in [-0.2, 0) is 0 Å². The van der Waals surface area contributed by atoms with Crippen LogP contribution >= 0.6 is 11.3 Å². The van der Waals surface area contributed by atoms with Gasteiger partial charge in [0.05, 0.1) is 4.70 Å². The van der Waals surface area contributed by atoms with Crippen LogP contribution in [0, 0.1) is 10.9 Å². The number of hydrogen-bond acceptors (Lipinski definition) is 2. The van der Waals surface area contributed by atoms with Crippen molar-refractivity contribution in [2.24, 2.45) is 0 Å².